The Hall–Kier alpha value is -3.11. The molecule has 31 heavy (non-hydrogen) atoms. The molecule has 0 bridgehead atoms. The number of furan rings is 2. The summed E-state index contributed by atoms with van der Waals surface area (Å²) in [6.07, 6.45) is 2.13. The minimum atomic E-state index is -0.307. The van der Waals surface area contributed by atoms with Crippen molar-refractivity contribution in [2.75, 3.05) is 17.6 Å². The van der Waals surface area contributed by atoms with Gasteiger partial charge in [0.25, 0.3) is 5.91 Å². The maximum Gasteiger partial charge on any atom is 0.253 e. The molecule has 1 aliphatic rings. The Kier molecular flexibility index (Phi) is 5.47. The number of carbonyl (C=O) groups is 1. The summed E-state index contributed by atoms with van der Waals surface area (Å²) in [5, 5.41) is 19.2. The molecule has 1 aromatic carbocycles. The molecule has 158 valence electrons. The largest absolute Gasteiger partial charge is 0.467 e. The van der Waals surface area contributed by atoms with Crippen LogP contribution in [0.5, 0.6) is 0 Å². The normalized spacial score (nSPS) is 16.1. The number of carbonyl (C=O) groups excluding carboxylic acids is 1. The number of hydrazone groups is 1. The number of thioether (sulfide) groups is 1. The summed E-state index contributed by atoms with van der Waals surface area (Å²) in [7, 11) is 0. The SMILES string of the molecule is CCNc1nnc(SCC(=O)N2N=C(c3cc4ccccc4o3)C[C@H]2c2ccco2)s1. The first-order valence-corrected chi connectivity index (χ1v) is 11.6. The van der Waals surface area contributed by atoms with Gasteiger partial charge in [0.05, 0.1) is 12.0 Å². The van der Waals surface area contributed by atoms with Crippen LogP contribution in [0.25, 0.3) is 11.0 Å². The van der Waals surface area contributed by atoms with Crippen molar-refractivity contribution < 1.29 is 13.6 Å². The standard InChI is InChI=1S/C21H19N5O3S2/c1-2-22-20-23-24-21(31-20)30-12-19(27)26-15(17-8-5-9-28-17)11-14(25-26)18-10-13-6-3-4-7-16(13)29-18/h3-10,15H,2,11-12H2,1H3,(H,22,23)/t15-/m0/s1. The van der Waals surface area contributed by atoms with Crippen LogP contribution in [-0.2, 0) is 4.79 Å². The van der Waals surface area contributed by atoms with Gasteiger partial charge in [-0.25, -0.2) is 5.01 Å². The van der Waals surface area contributed by atoms with E-state index >= 15 is 0 Å². The number of fused-ring (bicyclic) bond motifs is 1. The van der Waals surface area contributed by atoms with Crippen molar-refractivity contribution in [2.24, 2.45) is 5.10 Å². The Balaban J connectivity index is 1.37. The highest BCUT2D eigenvalue weighted by atomic mass is 32.2. The molecule has 0 radical (unpaired) electrons. The molecule has 1 aliphatic heterocycles. The van der Waals surface area contributed by atoms with Gasteiger partial charge in [0.2, 0.25) is 5.13 Å². The maximum atomic E-state index is 13.1. The predicted octanol–water partition coefficient (Wildman–Crippen LogP) is 4.78. The van der Waals surface area contributed by atoms with Gasteiger partial charge in [-0.1, -0.05) is 41.3 Å². The van der Waals surface area contributed by atoms with Gasteiger partial charge < -0.3 is 14.2 Å². The summed E-state index contributed by atoms with van der Waals surface area (Å²) in [6, 6.07) is 13.1. The molecule has 3 aromatic heterocycles. The van der Waals surface area contributed by atoms with Crippen LogP contribution in [0.4, 0.5) is 5.13 Å². The lowest BCUT2D eigenvalue weighted by Gasteiger charge is -2.19. The second-order valence-corrected chi connectivity index (χ2v) is 9.06. The van der Waals surface area contributed by atoms with Gasteiger partial charge in [-0.2, -0.15) is 5.10 Å². The van der Waals surface area contributed by atoms with Gasteiger partial charge in [0, 0.05) is 18.4 Å². The van der Waals surface area contributed by atoms with Crippen LogP contribution in [0.2, 0.25) is 0 Å². The topological polar surface area (TPSA) is 96.8 Å². The van der Waals surface area contributed by atoms with Gasteiger partial charge in [-0.3, -0.25) is 4.79 Å². The molecule has 10 heteroatoms. The average Bonchev–Trinajstić information content (AvgIpc) is 3.57. The molecule has 0 spiro atoms. The first kappa shape index (κ1) is 19.8. The van der Waals surface area contributed by atoms with Crippen molar-refractivity contribution in [3.63, 3.8) is 0 Å². The van der Waals surface area contributed by atoms with Crippen LogP contribution < -0.4 is 5.32 Å². The number of hydrogen-bond acceptors (Lipinski definition) is 9. The molecule has 0 fully saturated rings. The molecular formula is C21H19N5O3S2. The lowest BCUT2D eigenvalue weighted by atomic mass is 10.1. The van der Waals surface area contributed by atoms with Crippen molar-refractivity contribution in [1.82, 2.24) is 15.2 Å². The van der Waals surface area contributed by atoms with E-state index in [1.54, 1.807) is 6.26 Å². The summed E-state index contributed by atoms with van der Waals surface area (Å²) in [4.78, 5) is 13.1. The first-order valence-electron chi connectivity index (χ1n) is 9.83. The van der Waals surface area contributed by atoms with E-state index in [-0.39, 0.29) is 17.7 Å². The monoisotopic (exact) mass is 453 g/mol. The second-order valence-electron chi connectivity index (χ2n) is 6.86. The molecule has 1 atom stereocenters. The molecule has 0 aliphatic carbocycles. The van der Waals surface area contributed by atoms with Crippen molar-refractivity contribution in [1.29, 1.82) is 0 Å². The zero-order valence-electron chi connectivity index (χ0n) is 16.6. The van der Waals surface area contributed by atoms with Crippen LogP contribution in [0.15, 0.2) is 67.0 Å². The zero-order valence-corrected chi connectivity index (χ0v) is 18.3. The number of aromatic nitrogens is 2. The Labute approximate surface area is 186 Å². The fraction of sp³-hybridized carbons (Fsp3) is 0.238. The number of rotatable bonds is 7. The van der Waals surface area contributed by atoms with E-state index in [1.165, 1.54) is 28.1 Å². The van der Waals surface area contributed by atoms with E-state index < -0.39 is 0 Å². The predicted molar refractivity (Wildman–Crippen MR) is 120 cm³/mol. The third-order valence-corrected chi connectivity index (χ3v) is 6.80. The minimum Gasteiger partial charge on any atom is -0.467 e. The van der Waals surface area contributed by atoms with E-state index in [0.29, 0.717) is 17.9 Å². The summed E-state index contributed by atoms with van der Waals surface area (Å²) >= 11 is 2.78. The Morgan fingerprint density at radius 2 is 2.19 bits per heavy atom. The van der Waals surface area contributed by atoms with Gasteiger partial charge >= 0.3 is 0 Å². The fourth-order valence-electron chi connectivity index (χ4n) is 3.40. The summed E-state index contributed by atoms with van der Waals surface area (Å²) in [6.45, 7) is 2.77. The third kappa shape index (κ3) is 4.08. The molecule has 1 amide bonds. The summed E-state index contributed by atoms with van der Waals surface area (Å²) < 4.78 is 12.3. The number of para-hydroxylation sites is 1. The molecular weight excluding hydrogens is 434 g/mol. The molecule has 0 saturated heterocycles. The number of hydrogen-bond donors (Lipinski definition) is 1. The molecule has 4 heterocycles. The smallest absolute Gasteiger partial charge is 0.253 e. The lowest BCUT2D eigenvalue weighted by Crippen LogP contribution is -2.28. The third-order valence-electron chi connectivity index (χ3n) is 4.80. The molecule has 8 nitrogen and oxygen atoms in total. The number of anilines is 1. The van der Waals surface area contributed by atoms with E-state index in [2.05, 4.69) is 20.6 Å². The Bertz CT molecular complexity index is 1200. The Morgan fingerprint density at radius 3 is 3.00 bits per heavy atom. The highest BCUT2D eigenvalue weighted by Crippen LogP contribution is 2.35. The van der Waals surface area contributed by atoms with Crippen molar-refractivity contribution in [3.05, 3.63) is 60.2 Å². The van der Waals surface area contributed by atoms with Crippen LogP contribution >= 0.6 is 23.1 Å². The Morgan fingerprint density at radius 1 is 1.29 bits per heavy atom. The summed E-state index contributed by atoms with van der Waals surface area (Å²) in [5.41, 5.74) is 1.52. The molecule has 0 saturated carbocycles. The number of benzene rings is 1. The second kappa shape index (κ2) is 8.56. The zero-order chi connectivity index (χ0) is 21.2. The van der Waals surface area contributed by atoms with Crippen molar-refractivity contribution in [2.45, 2.75) is 23.7 Å². The number of amides is 1. The highest BCUT2D eigenvalue weighted by molar-refractivity contribution is 8.01. The van der Waals surface area contributed by atoms with Crippen LogP contribution in [-0.4, -0.2) is 39.1 Å². The number of nitrogens with zero attached hydrogens (tertiary/aromatic N) is 4. The molecule has 5 rings (SSSR count). The van der Waals surface area contributed by atoms with Gasteiger partial charge in [0.1, 0.15) is 23.1 Å². The van der Waals surface area contributed by atoms with Gasteiger partial charge in [-0.15, -0.1) is 10.2 Å². The quantitative estimate of drug-likeness (QED) is 0.402. The lowest BCUT2D eigenvalue weighted by molar-refractivity contribution is -0.130. The fourth-order valence-corrected chi connectivity index (χ4v) is 5.07. The first-order chi connectivity index (χ1) is 15.2. The molecule has 4 aromatic rings. The van der Waals surface area contributed by atoms with Crippen LogP contribution in [0, 0.1) is 0 Å². The van der Waals surface area contributed by atoms with Crippen LogP contribution in [0.3, 0.4) is 0 Å². The van der Waals surface area contributed by atoms with Crippen molar-refractivity contribution >= 4 is 50.8 Å². The van der Waals surface area contributed by atoms with Gasteiger partial charge in [0.15, 0.2) is 10.1 Å². The molecule has 1 N–H and O–H groups in total. The van der Waals surface area contributed by atoms with E-state index in [4.69, 9.17) is 8.83 Å². The summed E-state index contributed by atoms with van der Waals surface area (Å²) in [5.74, 6) is 1.44. The maximum absolute atomic E-state index is 13.1. The van der Waals surface area contributed by atoms with E-state index in [9.17, 15) is 4.79 Å². The highest BCUT2D eigenvalue weighted by Gasteiger charge is 2.36. The van der Waals surface area contributed by atoms with Crippen molar-refractivity contribution in [3.8, 4) is 0 Å². The molecule has 0 unspecified atom stereocenters. The van der Waals surface area contributed by atoms with E-state index in [1.807, 2.05) is 49.4 Å². The number of nitrogens with one attached hydrogen (secondary N) is 1. The van der Waals surface area contributed by atoms with E-state index in [0.717, 1.165) is 32.7 Å². The minimum absolute atomic E-state index is 0.127. The van der Waals surface area contributed by atoms with Gasteiger partial charge in [-0.05, 0) is 31.2 Å². The van der Waals surface area contributed by atoms with Crippen LogP contribution in [0.1, 0.15) is 30.9 Å². The average molecular weight is 454 g/mol.